The summed E-state index contributed by atoms with van der Waals surface area (Å²) in [5.74, 6) is 0.526. The SMILES string of the molecule is CCOc1ccccc1C(N)Cc1cc(F)cc(Br)c1. The van der Waals surface area contributed by atoms with Crippen molar-refractivity contribution in [2.45, 2.75) is 19.4 Å². The van der Waals surface area contributed by atoms with Crippen molar-refractivity contribution in [2.75, 3.05) is 6.61 Å². The summed E-state index contributed by atoms with van der Waals surface area (Å²) in [6.45, 7) is 2.53. The fourth-order valence-corrected chi connectivity index (χ4v) is 2.68. The summed E-state index contributed by atoms with van der Waals surface area (Å²) in [5.41, 5.74) is 8.04. The highest BCUT2D eigenvalue weighted by molar-refractivity contribution is 9.10. The number of hydrogen-bond acceptors (Lipinski definition) is 2. The fraction of sp³-hybridized carbons (Fsp3) is 0.250. The molecule has 2 N–H and O–H groups in total. The highest BCUT2D eigenvalue weighted by Gasteiger charge is 2.13. The second-order valence-corrected chi connectivity index (χ2v) is 5.47. The van der Waals surface area contributed by atoms with Crippen molar-refractivity contribution in [3.63, 3.8) is 0 Å². The van der Waals surface area contributed by atoms with Crippen LogP contribution in [0.4, 0.5) is 4.39 Å². The Balaban J connectivity index is 2.21. The second kappa shape index (κ2) is 6.86. The van der Waals surface area contributed by atoms with Crippen molar-refractivity contribution in [3.05, 3.63) is 63.9 Å². The van der Waals surface area contributed by atoms with E-state index in [0.29, 0.717) is 13.0 Å². The first-order valence-electron chi connectivity index (χ1n) is 6.52. The Morgan fingerprint density at radius 1 is 1.25 bits per heavy atom. The van der Waals surface area contributed by atoms with Gasteiger partial charge < -0.3 is 10.5 Å². The molecule has 0 aromatic heterocycles. The van der Waals surface area contributed by atoms with E-state index in [1.54, 1.807) is 0 Å². The van der Waals surface area contributed by atoms with E-state index < -0.39 is 0 Å². The average Bonchev–Trinajstić information content (AvgIpc) is 2.38. The number of rotatable bonds is 5. The summed E-state index contributed by atoms with van der Waals surface area (Å²) in [5, 5.41) is 0. The molecule has 2 aromatic carbocycles. The van der Waals surface area contributed by atoms with E-state index in [9.17, 15) is 4.39 Å². The van der Waals surface area contributed by atoms with Gasteiger partial charge in [-0.15, -0.1) is 0 Å². The molecule has 0 fully saturated rings. The number of benzene rings is 2. The van der Waals surface area contributed by atoms with E-state index in [-0.39, 0.29) is 11.9 Å². The number of para-hydroxylation sites is 1. The van der Waals surface area contributed by atoms with Gasteiger partial charge >= 0.3 is 0 Å². The van der Waals surface area contributed by atoms with Gasteiger partial charge in [-0.25, -0.2) is 4.39 Å². The van der Waals surface area contributed by atoms with E-state index in [0.717, 1.165) is 21.3 Å². The summed E-state index contributed by atoms with van der Waals surface area (Å²) in [6.07, 6.45) is 0.556. The minimum absolute atomic E-state index is 0.230. The van der Waals surface area contributed by atoms with Gasteiger partial charge in [0, 0.05) is 16.1 Å². The highest BCUT2D eigenvalue weighted by atomic mass is 79.9. The second-order valence-electron chi connectivity index (χ2n) is 4.56. The Hall–Kier alpha value is -1.39. The van der Waals surface area contributed by atoms with Gasteiger partial charge in [0.1, 0.15) is 11.6 Å². The maximum atomic E-state index is 13.4. The molecule has 1 unspecified atom stereocenters. The maximum absolute atomic E-state index is 13.4. The third kappa shape index (κ3) is 3.81. The molecular weight excluding hydrogens is 321 g/mol. The molecule has 0 amide bonds. The average molecular weight is 338 g/mol. The molecule has 1 atom stereocenters. The molecule has 0 aliphatic rings. The lowest BCUT2D eigenvalue weighted by Crippen LogP contribution is -2.15. The lowest BCUT2D eigenvalue weighted by molar-refractivity contribution is 0.334. The molecule has 0 bridgehead atoms. The Kier molecular flexibility index (Phi) is 5.15. The first-order valence-corrected chi connectivity index (χ1v) is 7.31. The van der Waals surface area contributed by atoms with Crippen LogP contribution < -0.4 is 10.5 Å². The van der Waals surface area contributed by atoms with Crippen LogP contribution in [-0.2, 0) is 6.42 Å². The maximum Gasteiger partial charge on any atom is 0.124 e. The molecule has 0 radical (unpaired) electrons. The van der Waals surface area contributed by atoms with Crippen LogP contribution in [0.25, 0.3) is 0 Å². The Morgan fingerprint density at radius 2 is 2.00 bits per heavy atom. The number of hydrogen-bond donors (Lipinski definition) is 1. The first-order chi connectivity index (χ1) is 9.60. The normalized spacial score (nSPS) is 12.2. The van der Waals surface area contributed by atoms with Crippen LogP contribution in [0.2, 0.25) is 0 Å². The predicted octanol–water partition coefficient (Wildman–Crippen LogP) is 4.23. The quantitative estimate of drug-likeness (QED) is 0.886. The van der Waals surface area contributed by atoms with Crippen molar-refractivity contribution in [1.82, 2.24) is 0 Å². The topological polar surface area (TPSA) is 35.2 Å². The van der Waals surface area contributed by atoms with Crippen molar-refractivity contribution in [1.29, 1.82) is 0 Å². The molecular formula is C16H17BrFNO. The van der Waals surface area contributed by atoms with Crippen molar-refractivity contribution < 1.29 is 9.13 Å². The van der Waals surface area contributed by atoms with E-state index in [1.165, 1.54) is 12.1 Å². The molecule has 2 aromatic rings. The van der Waals surface area contributed by atoms with Crippen LogP contribution in [0.1, 0.15) is 24.1 Å². The monoisotopic (exact) mass is 337 g/mol. The van der Waals surface area contributed by atoms with Gasteiger partial charge in [0.05, 0.1) is 6.61 Å². The third-order valence-electron chi connectivity index (χ3n) is 3.00. The molecule has 2 nitrogen and oxygen atoms in total. The lowest BCUT2D eigenvalue weighted by Gasteiger charge is -2.16. The largest absolute Gasteiger partial charge is 0.494 e. The minimum atomic E-state index is -0.264. The summed E-state index contributed by atoms with van der Waals surface area (Å²) >= 11 is 3.29. The van der Waals surface area contributed by atoms with Gasteiger partial charge in [-0.1, -0.05) is 34.1 Å². The third-order valence-corrected chi connectivity index (χ3v) is 3.45. The minimum Gasteiger partial charge on any atom is -0.494 e. The Labute approximate surface area is 126 Å². The van der Waals surface area contributed by atoms with Crippen molar-refractivity contribution in [3.8, 4) is 5.75 Å². The van der Waals surface area contributed by atoms with Crippen molar-refractivity contribution >= 4 is 15.9 Å². The van der Waals surface area contributed by atoms with Crippen LogP contribution in [-0.4, -0.2) is 6.61 Å². The standard InChI is InChI=1S/C16H17BrFNO/c1-2-20-16-6-4-3-5-14(16)15(19)9-11-7-12(17)10-13(18)8-11/h3-8,10,15H,2,9,19H2,1H3. The molecule has 0 heterocycles. The number of nitrogens with two attached hydrogens (primary N) is 1. The highest BCUT2D eigenvalue weighted by Crippen LogP contribution is 2.27. The smallest absolute Gasteiger partial charge is 0.124 e. The van der Waals surface area contributed by atoms with Crippen molar-refractivity contribution in [2.24, 2.45) is 5.73 Å². The Morgan fingerprint density at radius 3 is 2.70 bits per heavy atom. The zero-order valence-corrected chi connectivity index (χ0v) is 12.9. The molecule has 4 heteroatoms. The first kappa shape index (κ1) is 15.0. The number of ether oxygens (including phenoxy) is 1. The van der Waals surface area contributed by atoms with Gasteiger partial charge in [-0.05, 0) is 43.2 Å². The summed E-state index contributed by atoms with van der Waals surface area (Å²) < 4.78 is 19.7. The zero-order chi connectivity index (χ0) is 14.5. The van der Waals surface area contributed by atoms with E-state index in [4.69, 9.17) is 10.5 Å². The summed E-state index contributed by atoms with van der Waals surface area (Å²) in [7, 11) is 0. The molecule has 0 aliphatic carbocycles. The van der Waals surface area contributed by atoms with Crippen LogP contribution >= 0.6 is 15.9 Å². The lowest BCUT2D eigenvalue weighted by atomic mass is 9.99. The molecule has 106 valence electrons. The zero-order valence-electron chi connectivity index (χ0n) is 11.3. The molecule has 2 rings (SSSR count). The van der Waals surface area contributed by atoms with Gasteiger partial charge in [0.15, 0.2) is 0 Å². The molecule has 0 spiro atoms. The Bertz CT molecular complexity index is 568. The van der Waals surface area contributed by atoms with E-state index in [2.05, 4.69) is 15.9 Å². The number of halogens is 2. The predicted molar refractivity (Wildman–Crippen MR) is 82.3 cm³/mol. The van der Waals surface area contributed by atoms with Gasteiger partial charge in [-0.2, -0.15) is 0 Å². The molecule has 20 heavy (non-hydrogen) atoms. The van der Waals surface area contributed by atoms with Crippen LogP contribution in [0.15, 0.2) is 46.9 Å². The van der Waals surface area contributed by atoms with Crippen LogP contribution in [0, 0.1) is 5.82 Å². The van der Waals surface area contributed by atoms with Crippen LogP contribution in [0.5, 0.6) is 5.75 Å². The fourth-order valence-electron chi connectivity index (χ4n) is 2.17. The van der Waals surface area contributed by atoms with Gasteiger partial charge in [0.2, 0.25) is 0 Å². The van der Waals surface area contributed by atoms with Gasteiger partial charge in [0.25, 0.3) is 0 Å². The molecule has 0 aliphatic heterocycles. The van der Waals surface area contributed by atoms with Gasteiger partial charge in [-0.3, -0.25) is 0 Å². The summed E-state index contributed by atoms with van der Waals surface area (Å²) in [4.78, 5) is 0. The van der Waals surface area contributed by atoms with Crippen LogP contribution in [0.3, 0.4) is 0 Å². The molecule has 0 saturated heterocycles. The van der Waals surface area contributed by atoms with E-state index in [1.807, 2.05) is 37.3 Å². The molecule has 0 saturated carbocycles. The van der Waals surface area contributed by atoms with E-state index >= 15 is 0 Å². The summed E-state index contributed by atoms with van der Waals surface area (Å²) in [6, 6.07) is 12.3.